The van der Waals surface area contributed by atoms with E-state index in [1.807, 2.05) is 6.92 Å². The van der Waals surface area contributed by atoms with Gasteiger partial charge in [0.25, 0.3) is 0 Å². The van der Waals surface area contributed by atoms with Crippen LogP contribution in [-0.2, 0) is 9.53 Å². The zero-order chi connectivity index (χ0) is 11.5. The lowest BCUT2D eigenvalue weighted by Gasteiger charge is -2.15. The number of esters is 1. The van der Waals surface area contributed by atoms with Gasteiger partial charge < -0.3 is 10.1 Å². The van der Waals surface area contributed by atoms with Crippen LogP contribution in [0.25, 0.3) is 0 Å². The minimum absolute atomic E-state index is 0.00347. The quantitative estimate of drug-likeness (QED) is 0.583. The average Bonchev–Trinajstić information content (AvgIpc) is 2.76. The highest BCUT2D eigenvalue weighted by Gasteiger charge is 2.41. The van der Waals surface area contributed by atoms with Crippen molar-refractivity contribution in [3.8, 4) is 0 Å². The van der Waals surface area contributed by atoms with Crippen molar-refractivity contribution in [1.82, 2.24) is 5.32 Å². The number of nitrogens with one attached hydrogen (secondary N) is 1. The molecule has 0 radical (unpaired) electrons. The molecule has 2 fully saturated rings. The molecular formula is C13H21NO2. The summed E-state index contributed by atoms with van der Waals surface area (Å²) in [7, 11) is 0. The first-order valence-corrected chi connectivity index (χ1v) is 6.22. The molecule has 2 aliphatic rings. The largest absolute Gasteiger partial charge is 0.462 e. The van der Waals surface area contributed by atoms with E-state index in [1.165, 1.54) is 0 Å². The van der Waals surface area contributed by atoms with Gasteiger partial charge in [0.15, 0.2) is 0 Å². The Hall–Kier alpha value is -0.830. The van der Waals surface area contributed by atoms with E-state index in [2.05, 4.69) is 11.9 Å². The molecule has 3 atom stereocenters. The van der Waals surface area contributed by atoms with Crippen LogP contribution in [0, 0.1) is 17.8 Å². The standard InChI is InChI=1S/C13H21NO2/c1-3-4-9(2)16-13(15)10-5-11-7-14-8-12(11)6-10/h3,9-12,14H,1,4-8H2,2H3. The van der Waals surface area contributed by atoms with Crippen LogP contribution >= 0.6 is 0 Å². The molecule has 90 valence electrons. The Morgan fingerprint density at radius 2 is 2.12 bits per heavy atom. The number of hydrogen-bond acceptors (Lipinski definition) is 3. The SMILES string of the molecule is C=CCC(C)OC(=O)C1CC2CNCC2C1. The molecule has 16 heavy (non-hydrogen) atoms. The first kappa shape index (κ1) is 11.6. The third-order valence-electron chi connectivity index (χ3n) is 3.80. The lowest BCUT2D eigenvalue weighted by atomic mass is 10.0. The fourth-order valence-electron chi connectivity index (χ4n) is 2.94. The van der Waals surface area contributed by atoms with Crippen LogP contribution in [0.1, 0.15) is 26.2 Å². The van der Waals surface area contributed by atoms with E-state index in [-0.39, 0.29) is 18.0 Å². The summed E-state index contributed by atoms with van der Waals surface area (Å²) in [5.41, 5.74) is 0. The Balaban J connectivity index is 1.80. The summed E-state index contributed by atoms with van der Waals surface area (Å²) in [6, 6.07) is 0. The topological polar surface area (TPSA) is 38.3 Å². The molecule has 1 aliphatic heterocycles. The first-order valence-electron chi connectivity index (χ1n) is 6.22. The van der Waals surface area contributed by atoms with Gasteiger partial charge in [-0.2, -0.15) is 0 Å². The number of fused-ring (bicyclic) bond motifs is 1. The van der Waals surface area contributed by atoms with Gasteiger partial charge in [0.2, 0.25) is 0 Å². The number of carbonyl (C=O) groups is 1. The summed E-state index contributed by atoms with van der Waals surface area (Å²) < 4.78 is 5.41. The lowest BCUT2D eigenvalue weighted by molar-refractivity contribution is -0.153. The van der Waals surface area contributed by atoms with Gasteiger partial charge in [0.1, 0.15) is 6.10 Å². The van der Waals surface area contributed by atoms with Crippen molar-refractivity contribution >= 4 is 5.97 Å². The maximum atomic E-state index is 11.9. The van der Waals surface area contributed by atoms with Crippen LogP contribution in [0.2, 0.25) is 0 Å². The molecule has 0 aromatic carbocycles. The van der Waals surface area contributed by atoms with E-state index in [1.54, 1.807) is 6.08 Å². The van der Waals surface area contributed by atoms with Crippen LogP contribution in [0.3, 0.4) is 0 Å². The van der Waals surface area contributed by atoms with E-state index in [0.717, 1.165) is 32.4 Å². The molecule has 1 N–H and O–H groups in total. The van der Waals surface area contributed by atoms with Gasteiger partial charge in [-0.1, -0.05) is 6.08 Å². The summed E-state index contributed by atoms with van der Waals surface area (Å²) in [5, 5.41) is 3.38. The van der Waals surface area contributed by atoms with Crippen LogP contribution < -0.4 is 5.32 Å². The summed E-state index contributed by atoms with van der Waals surface area (Å²) in [5.74, 6) is 1.55. The molecule has 0 spiro atoms. The number of carbonyl (C=O) groups excluding carboxylic acids is 1. The molecule has 0 bridgehead atoms. The second kappa shape index (κ2) is 5.00. The summed E-state index contributed by atoms with van der Waals surface area (Å²) in [6.07, 6.45) is 4.54. The van der Waals surface area contributed by atoms with Crippen molar-refractivity contribution in [3.63, 3.8) is 0 Å². The molecule has 1 saturated carbocycles. The number of rotatable bonds is 4. The minimum Gasteiger partial charge on any atom is -0.462 e. The summed E-state index contributed by atoms with van der Waals surface area (Å²) in [4.78, 5) is 11.9. The smallest absolute Gasteiger partial charge is 0.309 e. The molecule has 0 aromatic rings. The molecule has 2 rings (SSSR count). The van der Waals surface area contributed by atoms with Crippen LogP contribution in [-0.4, -0.2) is 25.2 Å². The normalized spacial score (nSPS) is 34.4. The molecule has 1 heterocycles. The average molecular weight is 223 g/mol. The first-order chi connectivity index (χ1) is 7.70. The van der Waals surface area contributed by atoms with Crippen LogP contribution in [0.4, 0.5) is 0 Å². The van der Waals surface area contributed by atoms with Crippen LogP contribution in [0.15, 0.2) is 12.7 Å². The van der Waals surface area contributed by atoms with Gasteiger partial charge in [0.05, 0.1) is 5.92 Å². The fourth-order valence-corrected chi connectivity index (χ4v) is 2.94. The predicted octanol–water partition coefficient (Wildman–Crippen LogP) is 1.74. The predicted molar refractivity (Wildman–Crippen MR) is 62.9 cm³/mol. The van der Waals surface area contributed by atoms with Crippen molar-refractivity contribution in [2.75, 3.05) is 13.1 Å². The van der Waals surface area contributed by atoms with E-state index >= 15 is 0 Å². The van der Waals surface area contributed by atoms with Gasteiger partial charge in [-0.15, -0.1) is 6.58 Å². The maximum absolute atomic E-state index is 11.9. The molecule has 0 aromatic heterocycles. The zero-order valence-corrected chi connectivity index (χ0v) is 9.95. The van der Waals surface area contributed by atoms with E-state index in [0.29, 0.717) is 11.8 Å². The molecular weight excluding hydrogens is 202 g/mol. The summed E-state index contributed by atoms with van der Waals surface area (Å²) in [6.45, 7) is 7.74. The molecule has 1 saturated heterocycles. The van der Waals surface area contributed by atoms with Crippen molar-refractivity contribution in [2.45, 2.75) is 32.3 Å². The minimum atomic E-state index is -0.0245. The maximum Gasteiger partial charge on any atom is 0.309 e. The Bertz CT molecular complexity index is 265. The Morgan fingerprint density at radius 3 is 2.69 bits per heavy atom. The Kier molecular flexibility index (Phi) is 3.64. The molecule has 3 nitrogen and oxygen atoms in total. The van der Waals surface area contributed by atoms with Crippen molar-refractivity contribution < 1.29 is 9.53 Å². The zero-order valence-electron chi connectivity index (χ0n) is 9.95. The summed E-state index contributed by atoms with van der Waals surface area (Å²) >= 11 is 0. The van der Waals surface area contributed by atoms with Crippen molar-refractivity contribution in [2.24, 2.45) is 17.8 Å². The third-order valence-corrected chi connectivity index (χ3v) is 3.80. The van der Waals surface area contributed by atoms with Gasteiger partial charge in [-0.05, 0) is 44.7 Å². The highest BCUT2D eigenvalue weighted by atomic mass is 16.5. The fraction of sp³-hybridized carbons (Fsp3) is 0.769. The van der Waals surface area contributed by atoms with Gasteiger partial charge >= 0.3 is 5.97 Å². The van der Waals surface area contributed by atoms with E-state index in [4.69, 9.17) is 4.74 Å². The van der Waals surface area contributed by atoms with E-state index in [9.17, 15) is 4.79 Å². The van der Waals surface area contributed by atoms with Crippen LogP contribution in [0.5, 0.6) is 0 Å². The third kappa shape index (κ3) is 2.46. The highest BCUT2D eigenvalue weighted by molar-refractivity contribution is 5.73. The monoisotopic (exact) mass is 223 g/mol. The van der Waals surface area contributed by atoms with Gasteiger partial charge in [0, 0.05) is 6.42 Å². The molecule has 3 unspecified atom stereocenters. The highest BCUT2D eigenvalue weighted by Crippen LogP contribution is 2.39. The second-order valence-corrected chi connectivity index (χ2v) is 5.12. The second-order valence-electron chi connectivity index (χ2n) is 5.12. The van der Waals surface area contributed by atoms with E-state index < -0.39 is 0 Å². The number of ether oxygens (including phenoxy) is 1. The number of hydrogen-bond donors (Lipinski definition) is 1. The van der Waals surface area contributed by atoms with Gasteiger partial charge in [-0.25, -0.2) is 0 Å². The van der Waals surface area contributed by atoms with Gasteiger partial charge in [-0.3, -0.25) is 4.79 Å². The molecule has 1 aliphatic carbocycles. The van der Waals surface area contributed by atoms with Crippen molar-refractivity contribution in [3.05, 3.63) is 12.7 Å². The Labute approximate surface area is 97.2 Å². The van der Waals surface area contributed by atoms with Crippen molar-refractivity contribution in [1.29, 1.82) is 0 Å². The Morgan fingerprint density at radius 1 is 1.50 bits per heavy atom. The molecule has 0 amide bonds. The lowest BCUT2D eigenvalue weighted by Crippen LogP contribution is -2.22. The molecule has 3 heteroatoms.